The van der Waals surface area contributed by atoms with Gasteiger partial charge in [0.15, 0.2) is 15.8 Å². The molecule has 0 aliphatic carbocycles. The fraction of sp³-hybridized carbons (Fsp3) is 0.176. The Morgan fingerprint density at radius 2 is 1.65 bits per heavy atom. The number of carbonyl (C=O) groups is 1. The summed E-state index contributed by atoms with van der Waals surface area (Å²) in [5, 5.41) is 0. The maximum absolute atomic E-state index is 12.2. The maximum Gasteiger partial charge on any atom is 0.280 e. The third-order valence-electron chi connectivity index (χ3n) is 3.44. The molecule has 0 atom stereocenters. The molecule has 0 unspecified atom stereocenters. The predicted molar refractivity (Wildman–Crippen MR) is 97.5 cm³/mol. The van der Waals surface area contributed by atoms with Crippen molar-refractivity contribution in [1.82, 2.24) is 0 Å². The lowest BCUT2D eigenvalue weighted by Gasteiger charge is -2.13. The van der Waals surface area contributed by atoms with Crippen LogP contribution in [0.3, 0.4) is 0 Å². The minimum Gasteiger partial charge on any atom is -0.497 e. The van der Waals surface area contributed by atoms with Crippen molar-refractivity contribution >= 4 is 21.7 Å². The van der Waals surface area contributed by atoms with E-state index < -0.39 is 21.7 Å². The Labute approximate surface area is 151 Å². The van der Waals surface area contributed by atoms with E-state index in [1.165, 1.54) is 19.2 Å². The Hall–Kier alpha value is -3.07. The lowest BCUT2D eigenvalue weighted by molar-refractivity contribution is 0.100. The molecule has 2 aromatic carbocycles. The Balaban J connectivity index is 2.53. The number of aryl methyl sites for hydroxylation is 1. The van der Waals surface area contributed by atoms with Crippen molar-refractivity contribution in [2.24, 2.45) is 16.5 Å². The monoisotopic (exact) mass is 377 g/mol. The quantitative estimate of drug-likeness (QED) is 0.597. The number of guanidine groups is 1. The fourth-order valence-corrected chi connectivity index (χ4v) is 3.01. The molecule has 0 saturated carbocycles. The second kappa shape index (κ2) is 7.44. The highest BCUT2D eigenvalue weighted by atomic mass is 32.2. The van der Waals surface area contributed by atoms with E-state index in [1.54, 1.807) is 31.2 Å². The highest BCUT2D eigenvalue weighted by Gasteiger charge is 2.21. The summed E-state index contributed by atoms with van der Waals surface area (Å²) in [7, 11) is -2.15. The molecule has 1 amide bonds. The number of amides is 1. The molecule has 8 nitrogen and oxygen atoms in total. The molecule has 26 heavy (non-hydrogen) atoms. The number of methoxy groups -OCH3 is 1. The normalized spacial score (nSPS) is 10.9. The molecule has 0 radical (unpaired) electrons. The molecule has 0 bridgehead atoms. The van der Waals surface area contributed by atoms with Crippen LogP contribution in [0.15, 0.2) is 46.3 Å². The number of nitrogens with two attached hydrogens (primary N) is 2. The Kier molecular flexibility index (Phi) is 5.51. The average Bonchev–Trinajstić information content (AvgIpc) is 2.53. The van der Waals surface area contributed by atoms with Gasteiger partial charge in [0.1, 0.15) is 22.1 Å². The van der Waals surface area contributed by atoms with Crippen LogP contribution in [0, 0.1) is 6.92 Å². The number of ether oxygens (including phenoxy) is 2. The smallest absolute Gasteiger partial charge is 0.280 e. The summed E-state index contributed by atoms with van der Waals surface area (Å²) in [5.74, 6) is 0.00197. The lowest BCUT2D eigenvalue weighted by atomic mass is 10.1. The zero-order valence-corrected chi connectivity index (χ0v) is 15.3. The molecule has 0 aromatic heterocycles. The molecule has 0 aliphatic heterocycles. The van der Waals surface area contributed by atoms with E-state index in [1.807, 2.05) is 0 Å². The Morgan fingerprint density at radius 3 is 2.15 bits per heavy atom. The van der Waals surface area contributed by atoms with Crippen molar-refractivity contribution in [3.05, 3.63) is 47.5 Å². The number of hydrogen-bond donors (Lipinski definition) is 2. The van der Waals surface area contributed by atoms with Crippen LogP contribution in [0.1, 0.15) is 15.9 Å². The molecule has 4 N–H and O–H groups in total. The van der Waals surface area contributed by atoms with Gasteiger partial charge in [0.05, 0.1) is 7.11 Å². The summed E-state index contributed by atoms with van der Waals surface area (Å²) in [6.07, 6.45) is 1.02. The first-order chi connectivity index (χ1) is 12.1. The van der Waals surface area contributed by atoms with Gasteiger partial charge in [-0.25, -0.2) is 8.42 Å². The highest BCUT2D eigenvalue weighted by Crippen LogP contribution is 2.32. The van der Waals surface area contributed by atoms with E-state index in [0.717, 1.165) is 6.26 Å². The van der Waals surface area contributed by atoms with Gasteiger partial charge in [0, 0.05) is 11.8 Å². The van der Waals surface area contributed by atoms with Gasteiger partial charge in [0.2, 0.25) is 0 Å². The highest BCUT2D eigenvalue weighted by molar-refractivity contribution is 7.90. The van der Waals surface area contributed by atoms with Crippen LogP contribution < -0.4 is 20.9 Å². The first-order valence-electron chi connectivity index (χ1n) is 7.42. The molecule has 2 aromatic rings. The molecule has 0 aliphatic rings. The second-order valence-corrected chi connectivity index (χ2v) is 7.49. The van der Waals surface area contributed by atoms with E-state index in [9.17, 15) is 13.2 Å². The van der Waals surface area contributed by atoms with Crippen LogP contribution in [0.5, 0.6) is 17.2 Å². The van der Waals surface area contributed by atoms with E-state index in [2.05, 4.69) is 4.99 Å². The van der Waals surface area contributed by atoms with Gasteiger partial charge in [-0.15, -0.1) is 0 Å². The van der Waals surface area contributed by atoms with Crippen molar-refractivity contribution in [2.45, 2.75) is 11.8 Å². The van der Waals surface area contributed by atoms with E-state index in [4.69, 9.17) is 20.9 Å². The van der Waals surface area contributed by atoms with Gasteiger partial charge in [-0.2, -0.15) is 4.99 Å². The van der Waals surface area contributed by atoms with Gasteiger partial charge in [-0.1, -0.05) is 0 Å². The van der Waals surface area contributed by atoms with Gasteiger partial charge < -0.3 is 20.9 Å². The summed E-state index contributed by atoms with van der Waals surface area (Å²) >= 11 is 0. The topological polar surface area (TPSA) is 134 Å². The lowest BCUT2D eigenvalue weighted by Crippen LogP contribution is -2.24. The Morgan fingerprint density at radius 1 is 1.08 bits per heavy atom. The molecule has 0 spiro atoms. The van der Waals surface area contributed by atoms with Crippen molar-refractivity contribution in [3.63, 3.8) is 0 Å². The molecular formula is C17H19N3O5S. The molecule has 138 valence electrons. The number of aliphatic imine (C=N–C) groups is 1. The van der Waals surface area contributed by atoms with Gasteiger partial charge >= 0.3 is 0 Å². The minimum atomic E-state index is -3.68. The van der Waals surface area contributed by atoms with Gasteiger partial charge in [-0.3, -0.25) is 4.79 Å². The summed E-state index contributed by atoms with van der Waals surface area (Å²) in [6, 6.07) is 9.30. The number of rotatable bonds is 5. The SMILES string of the molecule is COc1ccc(Oc2cc(C)c(C(=O)N=C(N)N)cc2S(C)(=O)=O)cc1. The zero-order valence-electron chi connectivity index (χ0n) is 14.5. The number of hydrogen-bond acceptors (Lipinski definition) is 5. The number of nitrogens with zero attached hydrogens (tertiary/aromatic N) is 1. The minimum absolute atomic E-state index is 0.0703. The second-order valence-electron chi connectivity index (χ2n) is 5.51. The van der Waals surface area contributed by atoms with Crippen LogP contribution in [-0.4, -0.2) is 33.7 Å². The summed E-state index contributed by atoms with van der Waals surface area (Å²) < 4.78 is 35.1. The molecule has 9 heteroatoms. The van der Waals surface area contributed by atoms with Crippen LogP contribution in [0.4, 0.5) is 0 Å². The van der Waals surface area contributed by atoms with Crippen LogP contribution >= 0.6 is 0 Å². The molecule has 0 saturated heterocycles. The summed E-state index contributed by atoms with van der Waals surface area (Å²) in [5.41, 5.74) is 11.0. The predicted octanol–water partition coefficient (Wildman–Crippen LogP) is 1.61. The number of sulfone groups is 1. The molecule has 0 heterocycles. The summed E-state index contributed by atoms with van der Waals surface area (Å²) in [6.45, 7) is 1.63. The average molecular weight is 377 g/mol. The van der Waals surface area contributed by atoms with Gasteiger partial charge in [-0.05, 0) is 48.9 Å². The third-order valence-corrected chi connectivity index (χ3v) is 4.56. The summed E-state index contributed by atoms with van der Waals surface area (Å²) in [4.78, 5) is 15.4. The molecule has 2 rings (SSSR count). The maximum atomic E-state index is 12.2. The number of carbonyl (C=O) groups excluding carboxylic acids is 1. The van der Waals surface area contributed by atoms with Crippen molar-refractivity contribution in [3.8, 4) is 17.2 Å². The fourth-order valence-electron chi connectivity index (χ4n) is 2.21. The third kappa shape index (κ3) is 4.51. The molecular weight excluding hydrogens is 358 g/mol. The van der Waals surface area contributed by atoms with E-state index >= 15 is 0 Å². The molecule has 0 fully saturated rings. The van der Waals surface area contributed by atoms with Crippen LogP contribution in [-0.2, 0) is 9.84 Å². The van der Waals surface area contributed by atoms with E-state index in [-0.39, 0.29) is 16.2 Å². The largest absolute Gasteiger partial charge is 0.497 e. The van der Waals surface area contributed by atoms with Crippen LogP contribution in [0.2, 0.25) is 0 Å². The first kappa shape index (κ1) is 19.3. The van der Waals surface area contributed by atoms with E-state index in [0.29, 0.717) is 17.1 Å². The van der Waals surface area contributed by atoms with Crippen LogP contribution in [0.25, 0.3) is 0 Å². The van der Waals surface area contributed by atoms with Crippen molar-refractivity contribution in [2.75, 3.05) is 13.4 Å². The first-order valence-corrected chi connectivity index (χ1v) is 9.31. The standard InChI is InChI=1S/C17H19N3O5S/c1-10-8-14(25-12-6-4-11(24-2)5-7-12)15(26(3,22)23)9-13(10)16(21)20-17(18)19/h4-9H,1-3H3,(H4,18,19,20,21). The zero-order chi connectivity index (χ0) is 19.5. The number of benzene rings is 2. The van der Waals surface area contributed by atoms with Crippen molar-refractivity contribution in [1.29, 1.82) is 0 Å². The van der Waals surface area contributed by atoms with Gasteiger partial charge in [0.25, 0.3) is 5.91 Å². The van der Waals surface area contributed by atoms with Crippen molar-refractivity contribution < 1.29 is 22.7 Å². The Bertz CT molecular complexity index is 963.